The van der Waals surface area contributed by atoms with Gasteiger partial charge >= 0.3 is 0 Å². The van der Waals surface area contributed by atoms with Crippen molar-refractivity contribution in [3.63, 3.8) is 0 Å². The lowest BCUT2D eigenvalue weighted by atomic mass is 9.69. The SMILES string of the molecule is CC1(C)C2CCC1(CS(=O)(=O)N(C1CCCCC1)C1CCCCC1)C(N)C2. The van der Waals surface area contributed by atoms with Crippen LogP contribution in [0.4, 0.5) is 0 Å². The van der Waals surface area contributed by atoms with Crippen LogP contribution in [-0.2, 0) is 10.0 Å². The van der Waals surface area contributed by atoms with Crippen LogP contribution in [0.3, 0.4) is 0 Å². The Morgan fingerprint density at radius 1 is 0.889 bits per heavy atom. The van der Waals surface area contributed by atoms with Crippen molar-refractivity contribution in [1.29, 1.82) is 0 Å². The number of nitrogens with zero attached hydrogens (tertiary/aromatic N) is 1. The number of hydrogen-bond acceptors (Lipinski definition) is 3. The van der Waals surface area contributed by atoms with Crippen LogP contribution in [0.5, 0.6) is 0 Å². The summed E-state index contributed by atoms with van der Waals surface area (Å²) in [6.45, 7) is 4.58. The zero-order chi connectivity index (χ0) is 19.3. The third-order valence-corrected chi connectivity index (χ3v) is 11.2. The lowest BCUT2D eigenvalue weighted by Gasteiger charge is -2.45. The quantitative estimate of drug-likeness (QED) is 0.747. The monoisotopic (exact) mass is 396 g/mol. The first-order valence-corrected chi connectivity index (χ1v) is 13.2. The average molecular weight is 397 g/mol. The largest absolute Gasteiger partial charge is 0.327 e. The molecule has 0 aromatic heterocycles. The second-order valence-electron chi connectivity index (χ2n) is 10.6. The predicted molar refractivity (Wildman–Crippen MR) is 111 cm³/mol. The minimum Gasteiger partial charge on any atom is -0.327 e. The first-order chi connectivity index (χ1) is 12.8. The summed E-state index contributed by atoms with van der Waals surface area (Å²) < 4.78 is 30.0. The van der Waals surface area contributed by atoms with Crippen LogP contribution in [0.2, 0.25) is 0 Å². The molecular formula is C22H40N2O2S. The van der Waals surface area contributed by atoms with Crippen LogP contribution >= 0.6 is 0 Å². The molecule has 4 rings (SSSR count). The van der Waals surface area contributed by atoms with Gasteiger partial charge in [-0.25, -0.2) is 8.42 Å². The fourth-order valence-corrected chi connectivity index (χ4v) is 10.2. The zero-order valence-corrected chi connectivity index (χ0v) is 18.3. The van der Waals surface area contributed by atoms with Gasteiger partial charge in [0, 0.05) is 23.5 Å². The number of nitrogens with two attached hydrogens (primary N) is 1. The Kier molecular flexibility index (Phi) is 5.44. The number of hydrogen-bond donors (Lipinski definition) is 1. The molecule has 156 valence electrons. The zero-order valence-electron chi connectivity index (χ0n) is 17.5. The lowest BCUT2D eigenvalue weighted by Crippen LogP contribution is -2.55. The second-order valence-corrected chi connectivity index (χ2v) is 12.5. The van der Waals surface area contributed by atoms with Gasteiger partial charge in [0.25, 0.3) is 0 Å². The predicted octanol–water partition coefficient (Wildman–Crippen LogP) is 4.44. The molecule has 27 heavy (non-hydrogen) atoms. The highest BCUT2D eigenvalue weighted by molar-refractivity contribution is 7.89. The Hall–Kier alpha value is -0.130. The molecule has 4 aliphatic carbocycles. The van der Waals surface area contributed by atoms with E-state index in [0.717, 1.165) is 44.9 Å². The highest BCUT2D eigenvalue weighted by Crippen LogP contribution is 2.65. The standard InChI is InChI=1S/C22H40N2O2S/c1-21(2)17-13-14-22(21,20(23)15-17)16-27(25,26)24(18-9-5-3-6-10-18)19-11-7-4-8-12-19/h17-20H,3-16,23H2,1-2H3. The molecule has 3 unspecified atom stereocenters. The molecule has 0 heterocycles. The van der Waals surface area contributed by atoms with E-state index in [0.29, 0.717) is 5.92 Å². The molecule has 0 radical (unpaired) electrons. The van der Waals surface area contributed by atoms with Crippen molar-refractivity contribution in [1.82, 2.24) is 4.31 Å². The van der Waals surface area contributed by atoms with Crippen molar-refractivity contribution >= 4 is 10.0 Å². The first kappa shape index (κ1) is 20.2. The van der Waals surface area contributed by atoms with E-state index in [1.54, 1.807) is 0 Å². The maximum atomic E-state index is 14.0. The summed E-state index contributed by atoms with van der Waals surface area (Å²) in [6, 6.07) is 0.517. The third kappa shape index (κ3) is 3.30. The summed E-state index contributed by atoms with van der Waals surface area (Å²) in [5.41, 5.74) is 6.43. The van der Waals surface area contributed by atoms with Gasteiger partial charge in [-0.2, -0.15) is 4.31 Å². The maximum Gasteiger partial charge on any atom is 0.215 e. The molecule has 4 saturated carbocycles. The van der Waals surface area contributed by atoms with E-state index >= 15 is 0 Å². The van der Waals surface area contributed by atoms with Gasteiger partial charge < -0.3 is 5.73 Å². The molecule has 5 heteroatoms. The van der Waals surface area contributed by atoms with Crippen LogP contribution in [0.1, 0.15) is 97.3 Å². The van der Waals surface area contributed by atoms with Crippen molar-refractivity contribution < 1.29 is 8.42 Å². The summed E-state index contributed by atoms with van der Waals surface area (Å²) in [5, 5.41) is 0. The molecule has 0 aromatic rings. The van der Waals surface area contributed by atoms with E-state index in [1.165, 1.54) is 38.5 Å². The molecule has 0 aliphatic heterocycles. The van der Waals surface area contributed by atoms with Gasteiger partial charge in [-0.05, 0) is 56.3 Å². The van der Waals surface area contributed by atoms with Gasteiger partial charge in [0.2, 0.25) is 10.0 Å². The number of fused-ring (bicyclic) bond motifs is 2. The van der Waals surface area contributed by atoms with Gasteiger partial charge in [0.15, 0.2) is 0 Å². The van der Waals surface area contributed by atoms with E-state index < -0.39 is 10.0 Å². The van der Waals surface area contributed by atoms with Crippen LogP contribution < -0.4 is 5.73 Å². The van der Waals surface area contributed by atoms with Crippen molar-refractivity contribution in [2.45, 2.75) is 115 Å². The minimum atomic E-state index is -3.30. The van der Waals surface area contributed by atoms with Gasteiger partial charge in [-0.3, -0.25) is 0 Å². The van der Waals surface area contributed by atoms with Crippen LogP contribution in [0, 0.1) is 16.7 Å². The van der Waals surface area contributed by atoms with Gasteiger partial charge in [-0.15, -0.1) is 0 Å². The van der Waals surface area contributed by atoms with Crippen LogP contribution in [0.25, 0.3) is 0 Å². The summed E-state index contributed by atoms with van der Waals surface area (Å²) in [6.07, 6.45) is 14.6. The van der Waals surface area contributed by atoms with E-state index in [-0.39, 0.29) is 34.7 Å². The molecule has 4 nitrogen and oxygen atoms in total. The average Bonchev–Trinajstić information content (AvgIpc) is 2.97. The van der Waals surface area contributed by atoms with Crippen LogP contribution in [-0.4, -0.2) is 36.6 Å². The Bertz CT molecular complexity index is 617. The molecule has 0 aromatic carbocycles. The highest BCUT2D eigenvalue weighted by Gasteiger charge is 2.64. The topological polar surface area (TPSA) is 63.4 Å². The molecule has 3 atom stereocenters. The summed E-state index contributed by atoms with van der Waals surface area (Å²) in [7, 11) is -3.30. The maximum absolute atomic E-state index is 14.0. The summed E-state index contributed by atoms with van der Waals surface area (Å²) in [4.78, 5) is 0. The molecule has 0 saturated heterocycles. The third-order valence-electron chi connectivity index (χ3n) is 9.12. The number of rotatable bonds is 5. The Balaban J connectivity index is 1.64. The van der Waals surface area contributed by atoms with E-state index in [9.17, 15) is 8.42 Å². The second kappa shape index (κ2) is 7.28. The van der Waals surface area contributed by atoms with Gasteiger partial charge in [0.05, 0.1) is 5.75 Å². The Labute approximate surface area is 166 Å². The Morgan fingerprint density at radius 2 is 1.41 bits per heavy atom. The molecule has 4 aliphatic rings. The smallest absolute Gasteiger partial charge is 0.215 e. The van der Waals surface area contributed by atoms with Crippen molar-refractivity contribution in [3.8, 4) is 0 Å². The van der Waals surface area contributed by atoms with Crippen LogP contribution in [0.15, 0.2) is 0 Å². The molecular weight excluding hydrogens is 356 g/mol. The summed E-state index contributed by atoms with van der Waals surface area (Å²) >= 11 is 0. The van der Waals surface area contributed by atoms with E-state index in [4.69, 9.17) is 5.73 Å². The van der Waals surface area contributed by atoms with E-state index in [1.807, 2.05) is 0 Å². The molecule has 2 bridgehead atoms. The molecule has 0 spiro atoms. The minimum absolute atomic E-state index is 0.0422. The number of sulfonamides is 1. The molecule has 4 fully saturated rings. The van der Waals surface area contributed by atoms with E-state index in [2.05, 4.69) is 18.2 Å². The van der Waals surface area contributed by atoms with Crippen molar-refractivity contribution in [2.24, 2.45) is 22.5 Å². The normalized spacial score (nSPS) is 37.9. The van der Waals surface area contributed by atoms with Gasteiger partial charge in [0.1, 0.15) is 0 Å². The van der Waals surface area contributed by atoms with Crippen molar-refractivity contribution in [3.05, 3.63) is 0 Å². The molecule has 0 amide bonds. The molecule has 2 N–H and O–H groups in total. The fourth-order valence-electron chi connectivity index (χ4n) is 7.32. The van der Waals surface area contributed by atoms with Crippen molar-refractivity contribution in [2.75, 3.05) is 5.75 Å². The Morgan fingerprint density at radius 3 is 1.81 bits per heavy atom. The summed E-state index contributed by atoms with van der Waals surface area (Å²) in [5.74, 6) is 0.887. The lowest BCUT2D eigenvalue weighted by molar-refractivity contribution is 0.128. The fraction of sp³-hybridized carbons (Fsp3) is 1.00. The highest BCUT2D eigenvalue weighted by atomic mass is 32.2. The van der Waals surface area contributed by atoms with Gasteiger partial charge in [-0.1, -0.05) is 52.4 Å². The first-order valence-electron chi connectivity index (χ1n) is 11.5.